The van der Waals surface area contributed by atoms with E-state index in [1.54, 1.807) is 6.07 Å². The number of rotatable bonds is 4. The van der Waals surface area contributed by atoms with Crippen LogP contribution in [-0.4, -0.2) is 18.8 Å². The molecule has 0 aromatic heterocycles. The quantitative estimate of drug-likeness (QED) is 0.904. The Morgan fingerprint density at radius 2 is 2.29 bits per heavy atom. The van der Waals surface area contributed by atoms with Gasteiger partial charge in [-0.15, -0.1) is 0 Å². The summed E-state index contributed by atoms with van der Waals surface area (Å²) in [5.41, 5.74) is 1.07. The maximum Gasteiger partial charge on any atom is 0.0726 e. The normalized spacial score (nSPS) is 21.7. The third-order valence-electron chi connectivity index (χ3n) is 3.15. The van der Waals surface area contributed by atoms with Gasteiger partial charge in [-0.3, -0.25) is 0 Å². The van der Waals surface area contributed by atoms with E-state index < -0.39 is 0 Å². The van der Waals surface area contributed by atoms with Crippen molar-refractivity contribution in [3.05, 3.63) is 33.8 Å². The van der Waals surface area contributed by atoms with E-state index in [1.807, 2.05) is 12.1 Å². The Balaban J connectivity index is 1.88. The van der Waals surface area contributed by atoms with Crippen LogP contribution in [0.4, 0.5) is 0 Å². The van der Waals surface area contributed by atoms with E-state index >= 15 is 0 Å². The van der Waals surface area contributed by atoms with E-state index in [9.17, 15) is 0 Å². The molecule has 1 aliphatic rings. The molecule has 0 amide bonds. The topological polar surface area (TPSA) is 21.3 Å². The second-order valence-corrected chi connectivity index (χ2v) is 5.30. The Kier molecular flexibility index (Phi) is 4.69. The molecule has 4 heteroatoms. The Bertz CT molecular complexity index is 378. The molecule has 1 saturated heterocycles. The van der Waals surface area contributed by atoms with Crippen molar-refractivity contribution >= 4 is 23.2 Å². The number of hydrogen-bond acceptors (Lipinski definition) is 2. The molecule has 1 aromatic rings. The van der Waals surface area contributed by atoms with Crippen LogP contribution in [0.1, 0.15) is 25.3 Å². The van der Waals surface area contributed by atoms with Crippen LogP contribution in [0.5, 0.6) is 0 Å². The summed E-state index contributed by atoms with van der Waals surface area (Å²) >= 11 is 12.0. The lowest BCUT2D eigenvalue weighted by molar-refractivity contribution is 0.0832. The average molecular weight is 274 g/mol. The van der Waals surface area contributed by atoms with Crippen LogP contribution in [0.2, 0.25) is 10.0 Å². The molecular weight excluding hydrogens is 257 g/mol. The SMILES string of the molecule is CC(NCc1ccc(Cl)cc1Cl)C1CCCO1. The standard InChI is InChI=1S/C13H17Cl2NO/c1-9(13-3-2-6-17-13)16-8-10-4-5-11(14)7-12(10)15/h4-5,7,9,13,16H,2-3,6,8H2,1H3. The molecule has 0 saturated carbocycles. The van der Waals surface area contributed by atoms with Crippen LogP contribution in [0.25, 0.3) is 0 Å². The first-order valence-electron chi connectivity index (χ1n) is 5.96. The summed E-state index contributed by atoms with van der Waals surface area (Å²) in [6.07, 6.45) is 2.64. The minimum atomic E-state index is 0.334. The Morgan fingerprint density at radius 3 is 2.94 bits per heavy atom. The van der Waals surface area contributed by atoms with Gasteiger partial charge in [0.1, 0.15) is 0 Å². The fourth-order valence-corrected chi connectivity index (χ4v) is 2.54. The highest BCUT2D eigenvalue weighted by molar-refractivity contribution is 6.35. The molecule has 2 unspecified atom stereocenters. The van der Waals surface area contributed by atoms with Gasteiger partial charge in [-0.25, -0.2) is 0 Å². The fraction of sp³-hybridized carbons (Fsp3) is 0.538. The number of hydrogen-bond donors (Lipinski definition) is 1. The van der Waals surface area contributed by atoms with Crippen molar-refractivity contribution in [2.24, 2.45) is 0 Å². The Hall–Kier alpha value is -0.280. The van der Waals surface area contributed by atoms with Gasteiger partial charge in [0.25, 0.3) is 0 Å². The first-order chi connectivity index (χ1) is 8.16. The lowest BCUT2D eigenvalue weighted by Gasteiger charge is -2.20. The molecule has 2 rings (SSSR count). The Labute approximate surface area is 112 Å². The van der Waals surface area contributed by atoms with Crippen molar-refractivity contribution in [3.63, 3.8) is 0 Å². The maximum atomic E-state index is 6.12. The summed E-state index contributed by atoms with van der Waals surface area (Å²) in [6.45, 7) is 3.79. The van der Waals surface area contributed by atoms with Gasteiger partial charge >= 0.3 is 0 Å². The van der Waals surface area contributed by atoms with Crippen LogP contribution < -0.4 is 5.32 Å². The largest absolute Gasteiger partial charge is 0.377 e. The van der Waals surface area contributed by atoms with Gasteiger partial charge < -0.3 is 10.1 Å². The predicted molar refractivity (Wildman–Crippen MR) is 71.7 cm³/mol. The Morgan fingerprint density at radius 1 is 1.47 bits per heavy atom. The average Bonchev–Trinajstić information content (AvgIpc) is 2.81. The first kappa shape index (κ1) is 13.2. The molecule has 1 fully saturated rings. The molecule has 0 radical (unpaired) electrons. The van der Waals surface area contributed by atoms with Gasteiger partial charge in [0.05, 0.1) is 6.10 Å². The summed E-state index contributed by atoms with van der Waals surface area (Å²) < 4.78 is 5.64. The number of benzene rings is 1. The lowest BCUT2D eigenvalue weighted by atomic mass is 10.1. The van der Waals surface area contributed by atoms with Gasteiger partial charge in [0, 0.05) is 29.2 Å². The summed E-state index contributed by atoms with van der Waals surface area (Å²) in [5, 5.41) is 4.83. The van der Waals surface area contributed by atoms with Crippen LogP contribution in [0.15, 0.2) is 18.2 Å². The zero-order valence-corrected chi connectivity index (χ0v) is 11.4. The van der Waals surface area contributed by atoms with Crippen molar-refractivity contribution in [1.82, 2.24) is 5.32 Å². The third kappa shape index (κ3) is 3.59. The van der Waals surface area contributed by atoms with E-state index in [1.165, 1.54) is 6.42 Å². The zero-order valence-electron chi connectivity index (χ0n) is 9.88. The summed E-state index contributed by atoms with van der Waals surface area (Å²) in [7, 11) is 0. The van der Waals surface area contributed by atoms with Crippen LogP contribution in [0.3, 0.4) is 0 Å². The smallest absolute Gasteiger partial charge is 0.0726 e. The second kappa shape index (κ2) is 6.05. The molecule has 0 spiro atoms. The van der Waals surface area contributed by atoms with Gasteiger partial charge in [0.15, 0.2) is 0 Å². The van der Waals surface area contributed by atoms with Crippen LogP contribution in [-0.2, 0) is 11.3 Å². The number of ether oxygens (including phenoxy) is 1. The minimum absolute atomic E-state index is 0.334. The second-order valence-electron chi connectivity index (χ2n) is 4.46. The maximum absolute atomic E-state index is 6.12. The van der Waals surface area contributed by atoms with Gasteiger partial charge in [-0.2, -0.15) is 0 Å². The van der Waals surface area contributed by atoms with E-state index in [-0.39, 0.29) is 0 Å². The number of nitrogens with one attached hydrogen (secondary N) is 1. The van der Waals surface area contributed by atoms with Gasteiger partial charge in [-0.05, 0) is 37.5 Å². The molecule has 1 heterocycles. The first-order valence-corrected chi connectivity index (χ1v) is 6.71. The molecule has 17 heavy (non-hydrogen) atoms. The van der Waals surface area contributed by atoms with Crippen molar-refractivity contribution < 1.29 is 4.74 Å². The molecule has 2 nitrogen and oxygen atoms in total. The van der Waals surface area contributed by atoms with Crippen molar-refractivity contribution in [2.45, 2.75) is 38.5 Å². The fourth-order valence-electron chi connectivity index (χ4n) is 2.06. The lowest BCUT2D eigenvalue weighted by Crippen LogP contribution is -2.36. The van der Waals surface area contributed by atoms with E-state index in [4.69, 9.17) is 27.9 Å². The monoisotopic (exact) mass is 273 g/mol. The van der Waals surface area contributed by atoms with E-state index in [0.29, 0.717) is 22.2 Å². The van der Waals surface area contributed by atoms with Crippen LogP contribution in [0, 0.1) is 0 Å². The molecular formula is C13H17Cl2NO. The number of halogens is 2. The minimum Gasteiger partial charge on any atom is -0.377 e. The van der Waals surface area contributed by atoms with E-state index in [0.717, 1.165) is 25.1 Å². The molecule has 1 N–H and O–H groups in total. The molecule has 0 aliphatic carbocycles. The van der Waals surface area contributed by atoms with Crippen molar-refractivity contribution in [2.75, 3.05) is 6.61 Å². The van der Waals surface area contributed by atoms with Crippen molar-refractivity contribution in [3.8, 4) is 0 Å². The molecule has 1 aromatic carbocycles. The molecule has 94 valence electrons. The van der Waals surface area contributed by atoms with Crippen LogP contribution >= 0.6 is 23.2 Å². The summed E-state index contributed by atoms with van der Waals surface area (Å²) in [6, 6.07) is 5.95. The predicted octanol–water partition coefficient (Wildman–Crippen LogP) is 3.65. The molecule has 1 aliphatic heterocycles. The highest BCUT2D eigenvalue weighted by Crippen LogP contribution is 2.21. The zero-order chi connectivity index (χ0) is 12.3. The molecule has 0 bridgehead atoms. The highest BCUT2D eigenvalue weighted by Gasteiger charge is 2.21. The summed E-state index contributed by atoms with van der Waals surface area (Å²) in [4.78, 5) is 0. The van der Waals surface area contributed by atoms with E-state index in [2.05, 4.69) is 12.2 Å². The third-order valence-corrected chi connectivity index (χ3v) is 3.74. The summed E-state index contributed by atoms with van der Waals surface area (Å²) in [5.74, 6) is 0. The van der Waals surface area contributed by atoms with Gasteiger partial charge in [-0.1, -0.05) is 29.3 Å². The van der Waals surface area contributed by atoms with Crippen molar-refractivity contribution in [1.29, 1.82) is 0 Å². The molecule has 2 atom stereocenters. The highest BCUT2D eigenvalue weighted by atomic mass is 35.5. The van der Waals surface area contributed by atoms with Gasteiger partial charge in [0.2, 0.25) is 0 Å².